The van der Waals surface area contributed by atoms with E-state index in [1.165, 1.54) is 0 Å². The van der Waals surface area contributed by atoms with Gasteiger partial charge in [-0.1, -0.05) is 39.5 Å². The van der Waals surface area contributed by atoms with Gasteiger partial charge in [0.05, 0.1) is 22.8 Å². The van der Waals surface area contributed by atoms with Crippen molar-refractivity contribution in [3.8, 4) is 22.8 Å². The van der Waals surface area contributed by atoms with E-state index in [9.17, 15) is 26.3 Å². The molecule has 33 heavy (non-hydrogen) atoms. The second kappa shape index (κ2) is 9.96. The molecule has 0 aromatic carbocycles. The Hall–Kier alpha value is -2.85. The Morgan fingerprint density at radius 2 is 1.30 bits per heavy atom. The molecule has 1 unspecified atom stereocenters. The molecule has 0 aliphatic carbocycles. The zero-order chi connectivity index (χ0) is 24.2. The van der Waals surface area contributed by atoms with Gasteiger partial charge in [0.15, 0.2) is 11.4 Å². The van der Waals surface area contributed by atoms with E-state index < -0.39 is 23.7 Å². The molecule has 5 nitrogen and oxygen atoms in total. The Morgan fingerprint density at radius 1 is 0.788 bits per heavy atom. The molecule has 0 spiro atoms. The summed E-state index contributed by atoms with van der Waals surface area (Å²) in [5.41, 5.74) is -1.06. The molecule has 0 aliphatic heterocycles. The second-order valence-corrected chi connectivity index (χ2v) is 8.03. The molecule has 3 heterocycles. The fraction of sp³-hybridized carbons (Fsp3) is 0.500. The van der Waals surface area contributed by atoms with Gasteiger partial charge in [0.1, 0.15) is 0 Å². The van der Waals surface area contributed by atoms with Crippen LogP contribution in [0.3, 0.4) is 0 Å². The van der Waals surface area contributed by atoms with Gasteiger partial charge in [0.25, 0.3) is 0 Å². The number of hydrogen-bond donors (Lipinski definition) is 2. The lowest BCUT2D eigenvalue weighted by Crippen LogP contribution is -2.04. The maximum absolute atomic E-state index is 13.0. The van der Waals surface area contributed by atoms with E-state index in [0.29, 0.717) is 12.3 Å². The summed E-state index contributed by atoms with van der Waals surface area (Å²) < 4.78 is 77.9. The summed E-state index contributed by atoms with van der Waals surface area (Å²) >= 11 is 0. The highest BCUT2D eigenvalue weighted by atomic mass is 19.4. The first-order valence-electron chi connectivity index (χ1n) is 10.8. The molecule has 3 aromatic rings. The van der Waals surface area contributed by atoms with Gasteiger partial charge in [-0.3, -0.25) is 10.2 Å². The van der Waals surface area contributed by atoms with Crippen LogP contribution in [0.4, 0.5) is 26.3 Å². The van der Waals surface area contributed by atoms with Crippen LogP contribution in [-0.2, 0) is 18.8 Å². The monoisotopic (exact) mass is 473 g/mol. The van der Waals surface area contributed by atoms with Gasteiger partial charge in [-0.2, -0.15) is 36.5 Å². The minimum absolute atomic E-state index is 0.0269. The number of nitrogens with one attached hydrogen (secondary N) is 2. The second-order valence-electron chi connectivity index (χ2n) is 8.03. The number of alkyl halides is 6. The molecule has 3 aromatic heterocycles. The zero-order valence-electron chi connectivity index (χ0n) is 18.2. The Bertz CT molecular complexity index is 980. The van der Waals surface area contributed by atoms with Crippen molar-refractivity contribution < 1.29 is 26.3 Å². The molecule has 1 atom stereocenters. The smallest absolute Gasteiger partial charge is 0.276 e. The molecular weight excluding hydrogens is 448 g/mol. The minimum Gasteiger partial charge on any atom is -0.276 e. The van der Waals surface area contributed by atoms with Crippen LogP contribution in [0, 0.1) is 5.92 Å². The van der Waals surface area contributed by atoms with Gasteiger partial charge in [0, 0.05) is 0 Å². The summed E-state index contributed by atoms with van der Waals surface area (Å²) in [5.74, 6) is 0.484. The predicted octanol–water partition coefficient (Wildman–Crippen LogP) is 7.05. The summed E-state index contributed by atoms with van der Waals surface area (Å²) in [5, 5.41) is 11.2. The number of aryl methyl sites for hydroxylation is 1. The number of unbranched alkanes of at least 4 members (excludes halogenated alkanes) is 1. The van der Waals surface area contributed by atoms with Crippen LogP contribution in [0.5, 0.6) is 0 Å². The lowest BCUT2D eigenvalue weighted by molar-refractivity contribution is -0.142. The maximum atomic E-state index is 13.0. The Balaban J connectivity index is 1.97. The van der Waals surface area contributed by atoms with Crippen LogP contribution < -0.4 is 0 Å². The van der Waals surface area contributed by atoms with Crippen molar-refractivity contribution in [3.63, 3.8) is 0 Å². The van der Waals surface area contributed by atoms with Crippen molar-refractivity contribution in [2.24, 2.45) is 5.92 Å². The normalized spacial score (nSPS) is 13.5. The van der Waals surface area contributed by atoms with E-state index in [0.717, 1.165) is 49.8 Å². The number of H-pyrrole nitrogens is 2. The lowest BCUT2D eigenvalue weighted by atomic mass is 9.92. The van der Waals surface area contributed by atoms with Crippen LogP contribution in [-0.4, -0.2) is 25.4 Å². The highest BCUT2D eigenvalue weighted by Crippen LogP contribution is 2.33. The van der Waals surface area contributed by atoms with E-state index in [2.05, 4.69) is 39.2 Å². The number of halogens is 6. The number of rotatable bonds is 9. The molecule has 180 valence electrons. The average Bonchev–Trinajstić information content (AvgIpc) is 3.43. The number of aromatic nitrogens is 5. The maximum Gasteiger partial charge on any atom is 0.435 e. The standard InChI is InChI=1S/C22H25F6N5/c1-3-5-6-13(4-2)7-8-14-9-15(17-11-19(32-30-17)21(23,24)25)29-16(10-14)18-12-20(33-31-18)22(26,27)28/h9-13H,3-8H2,1-2H3,(H,30,32)(H,31,33). The summed E-state index contributed by atoms with van der Waals surface area (Å²) in [4.78, 5) is 4.28. The minimum atomic E-state index is -4.63. The van der Waals surface area contributed by atoms with Gasteiger partial charge < -0.3 is 0 Å². The van der Waals surface area contributed by atoms with Crippen LogP contribution in [0.25, 0.3) is 22.8 Å². The van der Waals surface area contributed by atoms with Crippen molar-refractivity contribution in [2.75, 3.05) is 0 Å². The van der Waals surface area contributed by atoms with Crippen molar-refractivity contribution in [1.82, 2.24) is 25.4 Å². The third kappa shape index (κ3) is 6.35. The topological polar surface area (TPSA) is 70.2 Å². The first-order valence-corrected chi connectivity index (χ1v) is 10.8. The van der Waals surface area contributed by atoms with Crippen LogP contribution >= 0.6 is 0 Å². The highest BCUT2D eigenvalue weighted by Gasteiger charge is 2.35. The summed E-state index contributed by atoms with van der Waals surface area (Å²) in [6.07, 6.45) is -3.53. The van der Waals surface area contributed by atoms with Crippen molar-refractivity contribution >= 4 is 0 Å². The predicted molar refractivity (Wildman–Crippen MR) is 111 cm³/mol. The largest absolute Gasteiger partial charge is 0.435 e. The molecule has 0 fully saturated rings. The third-order valence-electron chi connectivity index (χ3n) is 5.56. The molecule has 0 radical (unpaired) electrons. The van der Waals surface area contributed by atoms with E-state index in [1.807, 2.05) is 0 Å². The Labute approximate surface area is 187 Å². The van der Waals surface area contributed by atoms with Crippen LogP contribution in [0.1, 0.15) is 62.9 Å². The molecule has 11 heteroatoms. The molecule has 3 rings (SSSR count). The van der Waals surface area contributed by atoms with E-state index in [-0.39, 0.29) is 22.8 Å². The van der Waals surface area contributed by atoms with Crippen molar-refractivity contribution in [2.45, 2.75) is 64.7 Å². The number of aromatic amines is 2. The van der Waals surface area contributed by atoms with E-state index in [4.69, 9.17) is 0 Å². The summed E-state index contributed by atoms with van der Waals surface area (Å²) in [6.45, 7) is 4.23. The Morgan fingerprint density at radius 3 is 1.70 bits per heavy atom. The number of pyridine rings is 1. The van der Waals surface area contributed by atoms with Crippen molar-refractivity contribution in [3.05, 3.63) is 41.2 Å². The molecular formula is C22H25F6N5. The molecule has 2 N–H and O–H groups in total. The van der Waals surface area contributed by atoms with Gasteiger partial charge in [-0.05, 0) is 48.6 Å². The van der Waals surface area contributed by atoms with Crippen LogP contribution in [0.2, 0.25) is 0 Å². The molecule has 0 amide bonds. The van der Waals surface area contributed by atoms with Gasteiger partial charge in [-0.15, -0.1) is 0 Å². The first kappa shape index (κ1) is 24.8. The molecule has 0 saturated carbocycles. The van der Waals surface area contributed by atoms with Crippen LogP contribution in [0.15, 0.2) is 24.3 Å². The summed E-state index contributed by atoms with van der Waals surface area (Å²) in [7, 11) is 0. The van der Waals surface area contributed by atoms with Gasteiger partial charge in [-0.25, -0.2) is 4.98 Å². The first-order chi connectivity index (χ1) is 15.5. The highest BCUT2D eigenvalue weighted by molar-refractivity contribution is 5.64. The fourth-order valence-electron chi connectivity index (χ4n) is 3.62. The third-order valence-corrected chi connectivity index (χ3v) is 5.56. The Kier molecular flexibility index (Phi) is 7.48. The van der Waals surface area contributed by atoms with Gasteiger partial charge in [0.2, 0.25) is 0 Å². The van der Waals surface area contributed by atoms with E-state index in [1.54, 1.807) is 12.1 Å². The van der Waals surface area contributed by atoms with E-state index >= 15 is 0 Å². The summed E-state index contributed by atoms with van der Waals surface area (Å²) in [6, 6.07) is 4.95. The van der Waals surface area contributed by atoms with Crippen molar-refractivity contribution in [1.29, 1.82) is 0 Å². The number of hydrogen-bond acceptors (Lipinski definition) is 3. The molecule has 0 bridgehead atoms. The zero-order valence-corrected chi connectivity index (χ0v) is 18.2. The fourth-order valence-corrected chi connectivity index (χ4v) is 3.62. The quantitative estimate of drug-likeness (QED) is 0.327. The molecule has 0 aliphatic rings. The average molecular weight is 473 g/mol. The SMILES string of the molecule is CCCCC(CC)CCc1cc(-c2cc(C(F)(F)F)n[nH]2)nc(-c2cc(C(F)(F)F)n[nH]2)c1. The molecule has 0 saturated heterocycles. The van der Waals surface area contributed by atoms with Gasteiger partial charge >= 0.3 is 12.4 Å². The number of nitrogens with zero attached hydrogens (tertiary/aromatic N) is 3. The lowest BCUT2D eigenvalue weighted by Gasteiger charge is -2.15.